The van der Waals surface area contributed by atoms with E-state index in [-0.39, 0.29) is 11.5 Å². The molecule has 0 saturated heterocycles. The van der Waals surface area contributed by atoms with Crippen molar-refractivity contribution in [1.29, 1.82) is 0 Å². The molecular formula is C16H18N4O3. The maximum absolute atomic E-state index is 11.7. The number of aromatic nitrogens is 1. The lowest BCUT2D eigenvalue weighted by Gasteiger charge is -2.08. The van der Waals surface area contributed by atoms with Gasteiger partial charge in [-0.3, -0.25) is 4.79 Å². The molecule has 0 aliphatic carbocycles. The number of amides is 1. The second-order valence-electron chi connectivity index (χ2n) is 4.84. The molecule has 5 N–H and O–H groups in total. The molecule has 23 heavy (non-hydrogen) atoms. The summed E-state index contributed by atoms with van der Waals surface area (Å²) in [5, 5.41) is 14.7. The summed E-state index contributed by atoms with van der Waals surface area (Å²) in [7, 11) is 0. The van der Waals surface area contributed by atoms with E-state index in [1.54, 1.807) is 36.5 Å². The van der Waals surface area contributed by atoms with E-state index >= 15 is 0 Å². The second-order valence-corrected chi connectivity index (χ2v) is 4.84. The quantitative estimate of drug-likeness (QED) is 0.607. The van der Waals surface area contributed by atoms with Crippen LogP contribution in [0, 0.1) is 0 Å². The van der Waals surface area contributed by atoms with Crippen molar-refractivity contribution in [2.75, 3.05) is 18.4 Å². The molecule has 2 aromatic rings. The van der Waals surface area contributed by atoms with Crippen molar-refractivity contribution >= 4 is 17.6 Å². The molecule has 0 fully saturated rings. The van der Waals surface area contributed by atoms with Crippen molar-refractivity contribution in [3.05, 3.63) is 59.4 Å². The predicted octanol–water partition coefficient (Wildman–Crippen LogP) is 1.08. The number of rotatable bonds is 7. The van der Waals surface area contributed by atoms with Gasteiger partial charge in [0.1, 0.15) is 5.69 Å². The fourth-order valence-corrected chi connectivity index (χ4v) is 1.93. The number of hydrogen-bond donors (Lipinski definition) is 4. The van der Waals surface area contributed by atoms with Crippen LogP contribution in [0.5, 0.6) is 0 Å². The van der Waals surface area contributed by atoms with Gasteiger partial charge in [-0.1, -0.05) is 12.1 Å². The standard InChI is InChI=1S/C16H18N4O3/c17-6-7-18-15(21)14-5-4-13(10-20-14)19-9-11-2-1-3-12(8-11)16(22)23/h1-5,8,10,19H,6-7,9,17H2,(H,18,21)(H,22,23). The number of anilines is 1. The van der Waals surface area contributed by atoms with Crippen molar-refractivity contribution in [3.63, 3.8) is 0 Å². The minimum Gasteiger partial charge on any atom is -0.478 e. The van der Waals surface area contributed by atoms with Crippen molar-refractivity contribution in [3.8, 4) is 0 Å². The molecule has 0 atom stereocenters. The lowest BCUT2D eigenvalue weighted by Crippen LogP contribution is -2.29. The van der Waals surface area contributed by atoms with Crippen LogP contribution in [-0.2, 0) is 6.54 Å². The van der Waals surface area contributed by atoms with Crippen molar-refractivity contribution in [1.82, 2.24) is 10.3 Å². The Morgan fingerprint density at radius 1 is 1.22 bits per heavy atom. The summed E-state index contributed by atoms with van der Waals surface area (Å²) in [6.45, 7) is 1.24. The lowest BCUT2D eigenvalue weighted by molar-refractivity contribution is 0.0696. The average Bonchev–Trinajstić information content (AvgIpc) is 2.58. The van der Waals surface area contributed by atoms with E-state index in [4.69, 9.17) is 10.8 Å². The molecule has 0 spiro atoms. The summed E-state index contributed by atoms with van der Waals surface area (Å²) < 4.78 is 0. The molecule has 0 radical (unpaired) electrons. The fraction of sp³-hybridized carbons (Fsp3) is 0.188. The average molecular weight is 314 g/mol. The van der Waals surface area contributed by atoms with Crippen LogP contribution in [0.3, 0.4) is 0 Å². The predicted molar refractivity (Wildman–Crippen MR) is 86.4 cm³/mol. The number of nitrogens with one attached hydrogen (secondary N) is 2. The molecule has 1 aromatic carbocycles. The number of benzene rings is 1. The molecule has 1 amide bonds. The van der Waals surface area contributed by atoms with Crippen molar-refractivity contribution in [2.45, 2.75) is 6.54 Å². The van der Waals surface area contributed by atoms with E-state index in [2.05, 4.69) is 15.6 Å². The highest BCUT2D eigenvalue weighted by Crippen LogP contribution is 2.10. The molecule has 120 valence electrons. The van der Waals surface area contributed by atoms with Gasteiger partial charge in [-0.05, 0) is 29.8 Å². The summed E-state index contributed by atoms with van der Waals surface area (Å²) in [5.74, 6) is -1.22. The summed E-state index contributed by atoms with van der Waals surface area (Å²) >= 11 is 0. The summed E-state index contributed by atoms with van der Waals surface area (Å²) in [5.41, 5.74) is 7.46. The Bertz CT molecular complexity index is 686. The molecule has 0 bridgehead atoms. The van der Waals surface area contributed by atoms with Gasteiger partial charge >= 0.3 is 5.97 Å². The Hall–Kier alpha value is -2.93. The van der Waals surface area contributed by atoms with Crippen LogP contribution in [0.15, 0.2) is 42.6 Å². The largest absolute Gasteiger partial charge is 0.478 e. The highest BCUT2D eigenvalue weighted by molar-refractivity contribution is 5.92. The Labute approximate surface area is 133 Å². The number of carboxylic acids is 1. The minimum atomic E-state index is -0.957. The van der Waals surface area contributed by atoms with Gasteiger partial charge in [-0.15, -0.1) is 0 Å². The number of hydrogen-bond acceptors (Lipinski definition) is 5. The molecule has 0 saturated carbocycles. The van der Waals surface area contributed by atoms with E-state index < -0.39 is 5.97 Å². The molecule has 7 heteroatoms. The van der Waals surface area contributed by atoms with Gasteiger partial charge in [-0.25, -0.2) is 9.78 Å². The molecule has 1 aromatic heterocycles. The van der Waals surface area contributed by atoms with Crippen LogP contribution in [0.4, 0.5) is 5.69 Å². The SMILES string of the molecule is NCCNC(=O)c1ccc(NCc2cccc(C(=O)O)c2)cn1. The first-order valence-corrected chi connectivity index (χ1v) is 7.10. The first kappa shape index (κ1) is 16.4. The fourth-order valence-electron chi connectivity index (χ4n) is 1.93. The van der Waals surface area contributed by atoms with Gasteiger partial charge in [0, 0.05) is 19.6 Å². The van der Waals surface area contributed by atoms with E-state index in [1.807, 2.05) is 6.07 Å². The summed E-state index contributed by atoms with van der Waals surface area (Å²) in [4.78, 5) is 26.7. The third kappa shape index (κ3) is 4.79. The monoisotopic (exact) mass is 314 g/mol. The molecular weight excluding hydrogens is 296 g/mol. The van der Waals surface area contributed by atoms with Crippen LogP contribution >= 0.6 is 0 Å². The van der Waals surface area contributed by atoms with Crippen LogP contribution in [0.2, 0.25) is 0 Å². The molecule has 2 rings (SSSR count). The topological polar surface area (TPSA) is 117 Å². The zero-order chi connectivity index (χ0) is 16.7. The zero-order valence-corrected chi connectivity index (χ0v) is 12.5. The van der Waals surface area contributed by atoms with Crippen LogP contribution in [-0.4, -0.2) is 35.1 Å². The molecule has 0 aliphatic heterocycles. The van der Waals surface area contributed by atoms with Crippen molar-refractivity contribution < 1.29 is 14.7 Å². The number of pyridine rings is 1. The number of carbonyl (C=O) groups is 2. The number of carbonyl (C=O) groups excluding carboxylic acids is 1. The maximum atomic E-state index is 11.7. The van der Waals surface area contributed by atoms with Crippen LogP contribution < -0.4 is 16.4 Å². The zero-order valence-electron chi connectivity index (χ0n) is 12.5. The first-order chi connectivity index (χ1) is 11.1. The Morgan fingerprint density at radius 2 is 2.04 bits per heavy atom. The number of nitrogens with two attached hydrogens (primary N) is 1. The molecule has 1 heterocycles. The lowest BCUT2D eigenvalue weighted by atomic mass is 10.1. The van der Waals surface area contributed by atoms with Crippen molar-refractivity contribution in [2.24, 2.45) is 5.73 Å². The van der Waals surface area contributed by atoms with Gasteiger partial charge in [0.15, 0.2) is 0 Å². The third-order valence-corrected chi connectivity index (χ3v) is 3.10. The highest BCUT2D eigenvalue weighted by atomic mass is 16.4. The van der Waals surface area contributed by atoms with E-state index in [0.29, 0.717) is 25.3 Å². The summed E-state index contributed by atoms with van der Waals surface area (Å²) in [6.07, 6.45) is 1.55. The number of aromatic carboxylic acids is 1. The Kier molecular flexibility index (Phi) is 5.65. The third-order valence-electron chi connectivity index (χ3n) is 3.10. The Balaban J connectivity index is 1.95. The normalized spacial score (nSPS) is 10.1. The van der Waals surface area contributed by atoms with E-state index in [1.165, 1.54) is 0 Å². The van der Waals surface area contributed by atoms with Crippen LogP contribution in [0.1, 0.15) is 26.4 Å². The molecule has 7 nitrogen and oxygen atoms in total. The smallest absolute Gasteiger partial charge is 0.335 e. The maximum Gasteiger partial charge on any atom is 0.335 e. The van der Waals surface area contributed by atoms with E-state index in [9.17, 15) is 9.59 Å². The number of carboxylic acid groups (broad SMARTS) is 1. The first-order valence-electron chi connectivity index (χ1n) is 7.10. The second kappa shape index (κ2) is 7.90. The minimum absolute atomic E-state index is 0.245. The molecule has 0 aliphatic rings. The molecule has 0 unspecified atom stereocenters. The van der Waals surface area contributed by atoms with Crippen LogP contribution in [0.25, 0.3) is 0 Å². The van der Waals surface area contributed by atoms with Gasteiger partial charge in [0.2, 0.25) is 0 Å². The van der Waals surface area contributed by atoms with Gasteiger partial charge in [0.25, 0.3) is 5.91 Å². The van der Waals surface area contributed by atoms with E-state index in [0.717, 1.165) is 11.3 Å². The van der Waals surface area contributed by atoms with Gasteiger partial charge < -0.3 is 21.5 Å². The van der Waals surface area contributed by atoms with Gasteiger partial charge in [-0.2, -0.15) is 0 Å². The Morgan fingerprint density at radius 3 is 2.70 bits per heavy atom. The highest BCUT2D eigenvalue weighted by Gasteiger charge is 2.06. The number of nitrogens with zero attached hydrogens (tertiary/aromatic N) is 1. The summed E-state index contributed by atoms with van der Waals surface area (Å²) in [6, 6.07) is 10.0. The van der Waals surface area contributed by atoms with Gasteiger partial charge in [0.05, 0.1) is 17.4 Å².